The first-order valence-electron chi connectivity index (χ1n) is 5.05. The third-order valence-corrected chi connectivity index (χ3v) is 2.50. The highest BCUT2D eigenvalue weighted by atomic mass is 35.5. The molecule has 6 nitrogen and oxygen atoms in total. The lowest BCUT2D eigenvalue weighted by Crippen LogP contribution is -2.35. The molecule has 0 saturated carbocycles. The number of hydrogen-bond acceptors (Lipinski definition) is 4. The lowest BCUT2D eigenvalue weighted by atomic mass is 10.1. The quantitative estimate of drug-likeness (QED) is 0.372. The summed E-state index contributed by atoms with van der Waals surface area (Å²) in [5.74, 6) is 0.0172. The Kier molecular flexibility index (Phi) is 4.79. The Morgan fingerprint density at radius 2 is 2.28 bits per heavy atom. The fraction of sp³-hybridized carbons (Fsp3) is 0.273. The highest BCUT2D eigenvalue weighted by Crippen LogP contribution is 2.23. The van der Waals surface area contributed by atoms with Gasteiger partial charge in [-0.1, -0.05) is 16.8 Å². The number of nitrogens with zero attached hydrogens (tertiary/aromatic N) is 2. The van der Waals surface area contributed by atoms with E-state index in [-0.39, 0.29) is 18.3 Å². The van der Waals surface area contributed by atoms with E-state index in [1.165, 1.54) is 25.1 Å². The van der Waals surface area contributed by atoms with Crippen molar-refractivity contribution in [2.75, 3.05) is 20.7 Å². The van der Waals surface area contributed by atoms with Crippen LogP contribution in [0.5, 0.6) is 5.75 Å². The number of nitrogens with two attached hydrogens (primary N) is 1. The second-order valence-electron chi connectivity index (χ2n) is 3.60. The number of halogens is 1. The van der Waals surface area contributed by atoms with Gasteiger partial charge in [-0.25, -0.2) is 0 Å². The van der Waals surface area contributed by atoms with Crippen molar-refractivity contribution in [3.8, 4) is 5.75 Å². The van der Waals surface area contributed by atoms with Crippen LogP contribution in [0, 0.1) is 0 Å². The molecule has 0 aliphatic carbocycles. The first-order chi connectivity index (χ1) is 8.49. The second-order valence-corrected chi connectivity index (χ2v) is 4.03. The van der Waals surface area contributed by atoms with Crippen molar-refractivity contribution in [1.29, 1.82) is 0 Å². The van der Waals surface area contributed by atoms with E-state index >= 15 is 0 Å². The maximum atomic E-state index is 12.1. The summed E-state index contributed by atoms with van der Waals surface area (Å²) in [6.45, 7) is 0.00496. The third kappa shape index (κ3) is 3.27. The smallest absolute Gasteiger partial charge is 0.257 e. The molecule has 0 bridgehead atoms. The van der Waals surface area contributed by atoms with Gasteiger partial charge in [0.05, 0.1) is 19.2 Å². The number of benzene rings is 1. The van der Waals surface area contributed by atoms with Crippen LogP contribution in [-0.2, 0) is 0 Å². The van der Waals surface area contributed by atoms with Crippen LogP contribution in [0.2, 0.25) is 5.02 Å². The van der Waals surface area contributed by atoms with E-state index in [9.17, 15) is 4.79 Å². The molecule has 0 heterocycles. The molecule has 7 heteroatoms. The van der Waals surface area contributed by atoms with Crippen molar-refractivity contribution in [2.24, 2.45) is 10.9 Å². The van der Waals surface area contributed by atoms with Crippen molar-refractivity contribution in [3.05, 3.63) is 28.8 Å². The number of hydrogen-bond donors (Lipinski definition) is 2. The maximum Gasteiger partial charge on any atom is 0.257 e. The molecule has 0 fully saturated rings. The molecule has 0 aromatic heterocycles. The average Bonchev–Trinajstić information content (AvgIpc) is 2.37. The zero-order valence-electron chi connectivity index (χ0n) is 10.1. The Morgan fingerprint density at radius 3 is 2.83 bits per heavy atom. The topological polar surface area (TPSA) is 88.2 Å². The zero-order chi connectivity index (χ0) is 13.7. The van der Waals surface area contributed by atoms with E-state index in [1.807, 2.05) is 0 Å². The molecule has 0 saturated heterocycles. The van der Waals surface area contributed by atoms with Gasteiger partial charge in [-0.15, -0.1) is 0 Å². The highest BCUT2D eigenvalue weighted by Gasteiger charge is 2.17. The number of carbonyl (C=O) groups is 1. The molecule has 1 amide bonds. The summed E-state index contributed by atoms with van der Waals surface area (Å²) in [5, 5.41) is 11.7. The van der Waals surface area contributed by atoms with Crippen molar-refractivity contribution in [2.45, 2.75) is 0 Å². The average molecular weight is 272 g/mol. The van der Waals surface area contributed by atoms with Gasteiger partial charge in [0.1, 0.15) is 5.75 Å². The van der Waals surface area contributed by atoms with Gasteiger partial charge in [0.25, 0.3) is 5.91 Å². The van der Waals surface area contributed by atoms with E-state index in [2.05, 4.69) is 5.16 Å². The minimum Gasteiger partial charge on any atom is -0.496 e. The van der Waals surface area contributed by atoms with Gasteiger partial charge < -0.3 is 20.6 Å². The van der Waals surface area contributed by atoms with E-state index in [0.29, 0.717) is 16.3 Å². The van der Waals surface area contributed by atoms with E-state index in [1.54, 1.807) is 12.1 Å². The van der Waals surface area contributed by atoms with Crippen LogP contribution >= 0.6 is 11.6 Å². The monoisotopic (exact) mass is 271 g/mol. The summed E-state index contributed by atoms with van der Waals surface area (Å²) in [7, 11) is 2.99. The summed E-state index contributed by atoms with van der Waals surface area (Å²) in [6.07, 6.45) is 0. The number of likely N-dealkylation sites (N-methyl/N-ethyl adjacent to an activating group) is 1. The summed E-state index contributed by atoms with van der Waals surface area (Å²) in [4.78, 5) is 13.4. The lowest BCUT2D eigenvalue weighted by molar-refractivity contribution is 0.0810. The Balaban J connectivity index is 2.99. The van der Waals surface area contributed by atoms with Crippen molar-refractivity contribution < 1.29 is 14.7 Å². The maximum absolute atomic E-state index is 12.1. The normalized spacial score (nSPS) is 11.2. The SMILES string of the molecule is COc1ccc(Cl)cc1C(=O)N(C)CC(N)=NO. The van der Waals surface area contributed by atoms with Gasteiger partial charge in [0.2, 0.25) is 0 Å². The lowest BCUT2D eigenvalue weighted by Gasteiger charge is -2.17. The number of amidine groups is 1. The first kappa shape index (κ1) is 14.1. The number of rotatable bonds is 4. The molecular formula is C11H14ClN3O3. The molecular weight excluding hydrogens is 258 g/mol. The number of oxime groups is 1. The molecule has 0 aliphatic rings. The van der Waals surface area contributed by atoms with Crippen LogP contribution in [0.4, 0.5) is 0 Å². The van der Waals surface area contributed by atoms with Gasteiger partial charge in [-0.05, 0) is 18.2 Å². The predicted octanol–water partition coefficient (Wildman–Crippen LogP) is 1.17. The van der Waals surface area contributed by atoms with Crippen LogP contribution in [0.3, 0.4) is 0 Å². The van der Waals surface area contributed by atoms with Gasteiger partial charge in [0.15, 0.2) is 5.84 Å². The molecule has 0 spiro atoms. The predicted molar refractivity (Wildman–Crippen MR) is 68.4 cm³/mol. The summed E-state index contributed by atoms with van der Waals surface area (Å²) >= 11 is 5.84. The van der Waals surface area contributed by atoms with Crippen LogP contribution in [0.1, 0.15) is 10.4 Å². The molecule has 1 aromatic carbocycles. The minimum atomic E-state index is -0.332. The van der Waals surface area contributed by atoms with Crippen LogP contribution < -0.4 is 10.5 Å². The Bertz CT molecular complexity index is 477. The van der Waals surface area contributed by atoms with Crippen molar-refractivity contribution >= 4 is 23.3 Å². The van der Waals surface area contributed by atoms with Crippen LogP contribution in [0.15, 0.2) is 23.4 Å². The van der Waals surface area contributed by atoms with E-state index in [0.717, 1.165) is 0 Å². The molecule has 18 heavy (non-hydrogen) atoms. The molecule has 98 valence electrons. The third-order valence-electron chi connectivity index (χ3n) is 2.27. The zero-order valence-corrected chi connectivity index (χ0v) is 10.8. The van der Waals surface area contributed by atoms with Crippen molar-refractivity contribution in [1.82, 2.24) is 4.90 Å². The fourth-order valence-electron chi connectivity index (χ4n) is 1.40. The van der Waals surface area contributed by atoms with Gasteiger partial charge >= 0.3 is 0 Å². The molecule has 3 N–H and O–H groups in total. The molecule has 0 unspecified atom stereocenters. The number of carbonyl (C=O) groups excluding carboxylic acids is 1. The summed E-state index contributed by atoms with van der Waals surface area (Å²) < 4.78 is 5.09. The molecule has 1 aromatic rings. The van der Waals surface area contributed by atoms with E-state index in [4.69, 9.17) is 27.3 Å². The molecule has 1 rings (SSSR count). The van der Waals surface area contributed by atoms with Crippen molar-refractivity contribution in [3.63, 3.8) is 0 Å². The molecule has 0 atom stereocenters. The van der Waals surface area contributed by atoms with Gasteiger partial charge in [0, 0.05) is 12.1 Å². The number of amides is 1. The number of methoxy groups -OCH3 is 1. The summed E-state index contributed by atoms with van der Waals surface area (Å²) in [5.41, 5.74) is 5.66. The largest absolute Gasteiger partial charge is 0.496 e. The van der Waals surface area contributed by atoms with Gasteiger partial charge in [-0.2, -0.15) is 0 Å². The van der Waals surface area contributed by atoms with Crippen LogP contribution in [-0.4, -0.2) is 42.6 Å². The fourth-order valence-corrected chi connectivity index (χ4v) is 1.57. The molecule has 0 aliphatic heterocycles. The Labute approximate surface area is 110 Å². The minimum absolute atomic E-state index is 0.00496. The standard InChI is InChI=1S/C11H14ClN3O3/c1-15(6-10(13)14-17)11(16)8-5-7(12)3-4-9(8)18-2/h3-5,17H,6H2,1-2H3,(H2,13,14). The second kappa shape index (κ2) is 6.11. The Hall–Kier alpha value is -1.95. The van der Waals surface area contributed by atoms with E-state index < -0.39 is 0 Å². The molecule has 0 radical (unpaired) electrons. The first-order valence-corrected chi connectivity index (χ1v) is 5.42. The van der Waals surface area contributed by atoms with Gasteiger partial charge in [-0.3, -0.25) is 4.79 Å². The Morgan fingerprint density at radius 1 is 1.61 bits per heavy atom. The van der Waals surface area contributed by atoms with Crippen LogP contribution in [0.25, 0.3) is 0 Å². The highest BCUT2D eigenvalue weighted by molar-refractivity contribution is 6.31. The summed E-state index contributed by atoms with van der Waals surface area (Å²) in [6, 6.07) is 4.74. The number of ether oxygens (including phenoxy) is 1.